The van der Waals surface area contributed by atoms with Gasteiger partial charge in [-0.2, -0.15) is 5.10 Å². The van der Waals surface area contributed by atoms with E-state index in [0.29, 0.717) is 27.7 Å². The highest BCUT2D eigenvalue weighted by Crippen LogP contribution is 2.22. The maximum absolute atomic E-state index is 12.4. The number of benzene rings is 3. The van der Waals surface area contributed by atoms with E-state index in [9.17, 15) is 14.4 Å². The molecule has 0 saturated heterocycles. The number of nitrogens with zero attached hydrogens (tertiary/aromatic N) is 1. The zero-order valence-corrected chi connectivity index (χ0v) is 20.3. The van der Waals surface area contributed by atoms with Crippen LogP contribution in [0.2, 0.25) is 5.02 Å². The third kappa shape index (κ3) is 7.68. The zero-order valence-electron chi connectivity index (χ0n) is 19.5. The quantitative estimate of drug-likeness (QED) is 0.258. The molecule has 0 atom stereocenters. The summed E-state index contributed by atoms with van der Waals surface area (Å²) in [6.45, 7) is 5.51. The van der Waals surface area contributed by atoms with Gasteiger partial charge in [-0.05, 0) is 68.3 Å². The van der Waals surface area contributed by atoms with Crippen LogP contribution in [-0.4, -0.2) is 30.5 Å². The molecule has 0 aliphatic heterocycles. The molecule has 0 unspecified atom stereocenters. The molecule has 0 bridgehead atoms. The maximum atomic E-state index is 12.4. The monoisotopic (exact) mass is 492 g/mol. The number of carbonyl (C=O) groups is 3. The van der Waals surface area contributed by atoms with E-state index < -0.39 is 11.8 Å². The molecule has 0 saturated carbocycles. The van der Waals surface area contributed by atoms with Crippen molar-refractivity contribution >= 4 is 46.9 Å². The predicted octanol–water partition coefficient (Wildman–Crippen LogP) is 4.37. The summed E-state index contributed by atoms with van der Waals surface area (Å²) in [5.41, 5.74) is 6.76. The third-order valence-electron chi connectivity index (χ3n) is 4.88. The first-order valence-electron chi connectivity index (χ1n) is 10.7. The largest absolute Gasteiger partial charge is 0.483 e. The van der Waals surface area contributed by atoms with E-state index in [2.05, 4.69) is 21.2 Å². The fraction of sp³-hybridized carbons (Fsp3) is 0.154. The Morgan fingerprint density at radius 3 is 2.34 bits per heavy atom. The third-order valence-corrected chi connectivity index (χ3v) is 5.12. The summed E-state index contributed by atoms with van der Waals surface area (Å²) in [6, 6.07) is 17.5. The van der Waals surface area contributed by atoms with E-state index in [1.54, 1.807) is 30.3 Å². The average Bonchev–Trinajstić information content (AvgIpc) is 2.82. The van der Waals surface area contributed by atoms with Crippen molar-refractivity contribution in [3.05, 3.63) is 87.9 Å². The van der Waals surface area contributed by atoms with Crippen molar-refractivity contribution < 1.29 is 19.1 Å². The Bertz CT molecular complexity index is 1270. The van der Waals surface area contributed by atoms with Crippen LogP contribution in [0, 0.1) is 20.8 Å². The first-order chi connectivity index (χ1) is 16.7. The number of ether oxygens (including phenoxy) is 1. The number of hydrogen-bond acceptors (Lipinski definition) is 5. The minimum atomic E-state index is -0.945. The molecule has 9 heteroatoms. The van der Waals surface area contributed by atoms with Crippen molar-refractivity contribution in [3.8, 4) is 5.75 Å². The number of hydrogen-bond donors (Lipinski definition) is 3. The number of halogens is 1. The summed E-state index contributed by atoms with van der Waals surface area (Å²) in [5, 5.41) is 9.52. The summed E-state index contributed by atoms with van der Waals surface area (Å²) in [7, 11) is 0. The van der Waals surface area contributed by atoms with Crippen LogP contribution in [0.4, 0.5) is 11.4 Å². The average molecular weight is 493 g/mol. The van der Waals surface area contributed by atoms with Gasteiger partial charge in [0.05, 0.1) is 6.21 Å². The smallest absolute Gasteiger partial charge is 0.329 e. The maximum Gasteiger partial charge on any atom is 0.329 e. The topological polar surface area (TPSA) is 109 Å². The summed E-state index contributed by atoms with van der Waals surface area (Å²) in [4.78, 5) is 36.5. The Morgan fingerprint density at radius 1 is 0.886 bits per heavy atom. The highest BCUT2D eigenvalue weighted by molar-refractivity contribution is 6.39. The fourth-order valence-corrected chi connectivity index (χ4v) is 3.17. The molecular formula is C26H25ClN4O4. The molecule has 8 nitrogen and oxygen atoms in total. The van der Waals surface area contributed by atoms with Gasteiger partial charge in [0, 0.05) is 22.0 Å². The summed E-state index contributed by atoms with van der Waals surface area (Å²) >= 11 is 6.06. The second-order valence-corrected chi connectivity index (χ2v) is 8.29. The number of rotatable bonds is 7. The van der Waals surface area contributed by atoms with Gasteiger partial charge in [0.2, 0.25) is 0 Å². The lowest BCUT2D eigenvalue weighted by Gasteiger charge is -2.12. The Labute approximate surface area is 208 Å². The van der Waals surface area contributed by atoms with Gasteiger partial charge in [-0.25, -0.2) is 5.43 Å². The lowest BCUT2D eigenvalue weighted by atomic mass is 10.1. The van der Waals surface area contributed by atoms with Crippen LogP contribution in [-0.2, 0) is 14.4 Å². The molecule has 3 rings (SSSR count). The van der Waals surface area contributed by atoms with E-state index in [-0.39, 0.29) is 12.5 Å². The highest BCUT2D eigenvalue weighted by Gasteiger charge is 2.13. The Kier molecular flexibility index (Phi) is 8.58. The Hall–Kier alpha value is -4.17. The van der Waals surface area contributed by atoms with Gasteiger partial charge >= 0.3 is 11.8 Å². The van der Waals surface area contributed by atoms with Crippen LogP contribution in [0.15, 0.2) is 65.8 Å². The molecule has 0 fully saturated rings. The molecule has 3 aromatic rings. The number of carbonyl (C=O) groups excluding carboxylic acids is 3. The first-order valence-corrected chi connectivity index (χ1v) is 11.1. The van der Waals surface area contributed by atoms with Gasteiger partial charge in [-0.15, -0.1) is 0 Å². The molecule has 0 aliphatic rings. The molecule has 0 aliphatic carbocycles. The highest BCUT2D eigenvalue weighted by atomic mass is 35.5. The van der Waals surface area contributed by atoms with Gasteiger partial charge < -0.3 is 15.4 Å². The van der Waals surface area contributed by atoms with Crippen LogP contribution < -0.4 is 20.8 Å². The van der Waals surface area contributed by atoms with E-state index >= 15 is 0 Å². The molecule has 0 heterocycles. The molecular weight excluding hydrogens is 468 g/mol. The van der Waals surface area contributed by atoms with Crippen molar-refractivity contribution in [1.82, 2.24) is 5.43 Å². The first kappa shape index (κ1) is 25.5. The van der Waals surface area contributed by atoms with Gasteiger partial charge in [-0.3, -0.25) is 14.4 Å². The number of nitrogens with one attached hydrogen (secondary N) is 3. The van der Waals surface area contributed by atoms with Gasteiger partial charge in [0.1, 0.15) is 5.75 Å². The predicted molar refractivity (Wildman–Crippen MR) is 137 cm³/mol. The standard InChI is InChI=1S/C26H25ClN4O4/c1-16-5-9-21(10-6-16)29-25(33)26(34)31-28-14-19-13-20(27)8-11-23(19)35-15-24(32)30-22-12-17(2)4-7-18(22)3/h4-14H,15H2,1-3H3,(H,29,33)(H,30,32)(H,31,34)/b28-14-. The van der Waals surface area contributed by atoms with Crippen LogP contribution in [0.1, 0.15) is 22.3 Å². The van der Waals surface area contributed by atoms with Crippen molar-refractivity contribution in [2.24, 2.45) is 5.10 Å². The van der Waals surface area contributed by atoms with Gasteiger partial charge in [0.25, 0.3) is 5.91 Å². The van der Waals surface area contributed by atoms with Crippen molar-refractivity contribution in [1.29, 1.82) is 0 Å². The van der Waals surface area contributed by atoms with E-state index in [0.717, 1.165) is 16.7 Å². The number of anilines is 2. The number of hydrazone groups is 1. The molecule has 3 N–H and O–H groups in total. The lowest BCUT2D eigenvalue weighted by molar-refractivity contribution is -0.136. The summed E-state index contributed by atoms with van der Waals surface area (Å²) in [6.07, 6.45) is 1.28. The van der Waals surface area contributed by atoms with Crippen molar-refractivity contribution in [2.45, 2.75) is 20.8 Å². The molecule has 35 heavy (non-hydrogen) atoms. The molecule has 3 amide bonds. The van der Waals surface area contributed by atoms with Crippen LogP contribution in [0.3, 0.4) is 0 Å². The molecule has 0 spiro atoms. The molecule has 3 aromatic carbocycles. The lowest BCUT2D eigenvalue weighted by Crippen LogP contribution is -2.32. The van der Waals surface area contributed by atoms with Gasteiger partial charge in [-0.1, -0.05) is 41.4 Å². The SMILES string of the molecule is Cc1ccc(NC(=O)C(=O)N/N=C\c2cc(Cl)ccc2OCC(=O)Nc2cc(C)ccc2C)cc1. The van der Waals surface area contributed by atoms with E-state index in [1.165, 1.54) is 6.21 Å². The number of amides is 3. The minimum absolute atomic E-state index is 0.249. The van der Waals surface area contributed by atoms with Crippen LogP contribution in [0.25, 0.3) is 0 Å². The number of aryl methyl sites for hydroxylation is 3. The molecule has 180 valence electrons. The fourth-order valence-electron chi connectivity index (χ4n) is 2.99. The summed E-state index contributed by atoms with van der Waals surface area (Å²) in [5.74, 6) is -1.82. The van der Waals surface area contributed by atoms with E-state index in [4.69, 9.17) is 16.3 Å². The normalized spacial score (nSPS) is 10.6. The minimum Gasteiger partial charge on any atom is -0.483 e. The Morgan fingerprint density at radius 2 is 1.60 bits per heavy atom. The second kappa shape index (κ2) is 11.8. The van der Waals surface area contributed by atoms with E-state index in [1.807, 2.05) is 51.1 Å². The second-order valence-electron chi connectivity index (χ2n) is 7.86. The van der Waals surface area contributed by atoms with Crippen LogP contribution >= 0.6 is 11.6 Å². The van der Waals surface area contributed by atoms with Gasteiger partial charge in [0.15, 0.2) is 6.61 Å². The van der Waals surface area contributed by atoms with Crippen molar-refractivity contribution in [2.75, 3.05) is 17.2 Å². The Balaban J connectivity index is 1.58. The molecule has 0 aromatic heterocycles. The summed E-state index contributed by atoms with van der Waals surface area (Å²) < 4.78 is 5.64. The molecule has 0 radical (unpaired) electrons. The zero-order chi connectivity index (χ0) is 25.4. The van der Waals surface area contributed by atoms with Crippen LogP contribution in [0.5, 0.6) is 5.75 Å². The van der Waals surface area contributed by atoms with Crippen molar-refractivity contribution in [3.63, 3.8) is 0 Å².